The Morgan fingerprint density at radius 1 is 1.42 bits per heavy atom. The molecule has 0 spiro atoms. The molecule has 0 bridgehead atoms. The third-order valence-electron chi connectivity index (χ3n) is 1.80. The number of urea groups is 1. The van der Waals surface area contributed by atoms with E-state index in [1.54, 1.807) is 0 Å². The van der Waals surface area contributed by atoms with Crippen LogP contribution in [0.4, 0.5) is 4.79 Å². The van der Waals surface area contributed by atoms with Gasteiger partial charge in [0.15, 0.2) is 0 Å². The van der Waals surface area contributed by atoms with Crippen LogP contribution in [-0.2, 0) is 0 Å². The maximum atomic E-state index is 11.0. The summed E-state index contributed by atoms with van der Waals surface area (Å²) < 4.78 is 0. The molecule has 0 aliphatic heterocycles. The van der Waals surface area contributed by atoms with Gasteiger partial charge in [0.25, 0.3) is 0 Å². The molecule has 0 aromatic heterocycles. The zero-order valence-corrected chi connectivity index (χ0v) is 7.52. The van der Waals surface area contributed by atoms with E-state index in [0.717, 1.165) is 32.4 Å². The summed E-state index contributed by atoms with van der Waals surface area (Å²) in [7, 11) is 1.91. The van der Waals surface area contributed by atoms with Gasteiger partial charge in [0, 0.05) is 12.6 Å². The van der Waals surface area contributed by atoms with Crippen LogP contribution < -0.4 is 16.0 Å². The average Bonchev–Trinajstić information content (AvgIpc) is 2.82. The van der Waals surface area contributed by atoms with Crippen LogP contribution >= 0.6 is 0 Å². The second-order valence-electron chi connectivity index (χ2n) is 3.13. The van der Waals surface area contributed by atoms with Crippen LogP contribution in [0.3, 0.4) is 0 Å². The Balaban J connectivity index is 1.87. The van der Waals surface area contributed by atoms with Crippen molar-refractivity contribution in [1.29, 1.82) is 0 Å². The third kappa shape index (κ3) is 4.18. The standard InChI is InChI=1S/C8H17N3O/c1-9-5-2-6-10-8(12)11-7-3-4-7/h7,9H,2-6H2,1H3,(H2,10,11,12). The van der Waals surface area contributed by atoms with Crippen LogP contribution in [-0.4, -0.2) is 32.2 Å². The molecule has 0 unspecified atom stereocenters. The highest BCUT2D eigenvalue weighted by atomic mass is 16.2. The fourth-order valence-corrected chi connectivity index (χ4v) is 0.931. The highest BCUT2D eigenvalue weighted by Crippen LogP contribution is 2.17. The van der Waals surface area contributed by atoms with E-state index in [4.69, 9.17) is 0 Å². The molecule has 1 aliphatic carbocycles. The smallest absolute Gasteiger partial charge is 0.315 e. The number of rotatable bonds is 5. The van der Waals surface area contributed by atoms with Crippen molar-refractivity contribution >= 4 is 6.03 Å². The van der Waals surface area contributed by atoms with Gasteiger partial charge in [0.2, 0.25) is 0 Å². The second-order valence-corrected chi connectivity index (χ2v) is 3.13. The zero-order valence-electron chi connectivity index (χ0n) is 7.52. The van der Waals surface area contributed by atoms with E-state index in [0.29, 0.717) is 6.04 Å². The SMILES string of the molecule is CNCCCNC(=O)NC1CC1. The summed E-state index contributed by atoms with van der Waals surface area (Å²) in [4.78, 5) is 11.0. The zero-order chi connectivity index (χ0) is 8.81. The van der Waals surface area contributed by atoms with Gasteiger partial charge in [-0.05, 0) is 32.9 Å². The Kier molecular flexibility index (Phi) is 3.87. The molecule has 1 rings (SSSR count). The fraction of sp³-hybridized carbons (Fsp3) is 0.875. The Morgan fingerprint density at radius 3 is 2.75 bits per heavy atom. The molecule has 2 amide bonds. The summed E-state index contributed by atoms with van der Waals surface area (Å²) in [5.41, 5.74) is 0. The van der Waals surface area contributed by atoms with Crippen LogP contribution in [0.25, 0.3) is 0 Å². The van der Waals surface area contributed by atoms with E-state index in [9.17, 15) is 4.79 Å². The van der Waals surface area contributed by atoms with E-state index >= 15 is 0 Å². The van der Waals surface area contributed by atoms with Gasteiger partial charge in [0.1, 0.15) is 0 Å². The molecule has 1 aliphatic rings. The first kappa shape index (κ1) is 9.32. The molecule has 70 valence electrons. The lowest BCUT2D eigenvalue weighted by molar-refractivity contribution is 0.240. The topological polar surface area (TPSA) is 53.2 Å². The quantitative estimate of drug-likeness (QED) is 0.512. The molecule has 4 heteroatoms. The molecular weight excluding hydrogens is 154 g/mol. The number of hydrogen-bond acceptors (Lipinski definition) is 2. The van der Waals surface area contributed by atoms with Crippen molar-refractivity contribution in [3.8, 4) is 0 Å². The molecule has 0 aromatic carbocycles. The predicted molar refractivity (Wildman–Crippen MR) is 48.1 cm³/mol. The van der Waals surface area contributed by atoms with E-state index in [1.807, 2.05) is 7.05 Å². The molecule has 0 heterocycles. The number of nitrogens with one attached hydrogen (secondary N) is 3. The monoisotopic (exact) mass is 171 g/mol. The Morgan fingerprint density at radius 2 is 2.17 bits per heavy atom. The molecule has 3 N–H and O–H groups in total. The van der Waals surface area contributed by atoms with Gasteiger partial charge in [-0.3, -0.25) is 0 Å². The molecular formula is C8H17N3O. The lowest BCUT2D eigenvalue weighted by Gasteiger charge is -2.05. The van der Waals surface area contributed by atoms with Crippen molar-refractivity contribution in [3.63, 3.8) is 0 Å². The maximum Gasteiger partial charge on any atom is 0.315 e. The Bertz CT molecular complexity index is 145. The van der Waals surface area contributed by atoms with E-state index in [1.165, 1.54) is 0 Å². The van der Waals surface area contributed by atoms with Crippen molar-refractivity contribution in [3.05, 3.63) is 0 Å². The Hall–Kier alpha value is -0.770. The summed E-state index contributed by atoms with van der Waals surface area (Å²) >= 11 is 0. The molecule has 12 heavy (non-hydrogen) atoms. The van der Waals surface area contributed by atoms with E-state index < -0.39 is 0 Å². The van der Waals surface area contributed by atoms with Crippen molar-refractivity contribution in [2.24, 2.45) is 0 Å². The first-order valence-electron chi connectivity index (χ1n) is 4.52. The van der Waals surface area contributed by atoms with Crippen molar-refractivity contribution in [1.82, 2.24) is 16.0 Å². The Labute approximate surface area is 73.1 Å². The predicted octanol–water partition coefficient (Wildman–Crippen LogP) is 0.0575. The molecule has 0 aromatic rings. The number of hydrogen-bond donors (Lipinski definition) is 3. The summed E-state index contributed by atoms with van der Waals surface area (Å²) in [5, 5.41) is 8.68. The minimum Gasteiger partial charge on any atom is -0.338 e. The molecule has 0 saturated heterocycles. The van der Waals surface area contributed by atoms with Crippen LogP contribution in [0, 0.1) is 0 Å². The van der Waals surface area contributed by atoms with E-state index in [2.05, 4.69) is 16.0 Å². The van der Waals surface area contributed by atoms with Crippen molar-refractivity contribution in [2.45, 2.75) is 25.3 Å². The third-order valence-corrected chi connectivity index (χ3v) is 1.80. The number of carbonyl (C=O) groups is 1. The normalized spacial score (nSPS) is 15.8. The van der Waals surface area contributed by atoms with Crippen molar-refractivity contribution in [2.75, 3.05) is 20.1 Å². The average molecular weight is 171 g/mol. The summed E-state index contributed by atoms with van der Waals surface area (Å²) in [6.45, 7) is 1.70. The largest absolute Gasteiger partial charge is 0.338 e. The van der Waals surface area contributed by atoms with Crippen LogP contribution in [0.5, 0.6) is 0 Å². The highest BCUT2D eigenvalue weighted by molar-refractivity contribution is 5.74. The number of amides is 2. The van der Waals surface area contributed by atoms with Crippen LogP contribution in [0.2, 0.25) is 0 Å². The highest BCUT2D eigenvalue weighted by Gasteiger charge is 2.22. The minimum absolute atomic E-state index is 0.0198. The van der Waals surface area contributed by atoms with Gasteiger partial charge >= 0.3 is 6.03 Å². The molecule has 0 atom stereocenters. The second kappa shape index (κ2) is 4.98. The lowest BCUT2D eigenvalue weighted by atomic mass is 10.4. The molecule has 1 fully saturated rings. The van der Waals surface area contributed by atoms with Crippen molar-refractivity contribution < 1.29 is 4.79 Å². The number of carbonyl (C=O) groups excluding carboxylic acids is 1. The summed E-state index contributed by atoms with van der Waals surface area (Å²) in [5.74, 6) is 0. The van der Waals surface area contributed by atoms with Gasteiger partial charge in [0.05, 0.1) is 0 Å². The van der Waals surface area contributed by atoms with Gasteiger partial charge in [-0.2, -0.15) is 0 Å². The molecule has 1 saturated carbocycles. The summed E-state index contributed by atoms with van der Waals surface area (Å²) in [6, 6.07) is 0.433. The molecule has 4 nitrogen and oxygen atoms in total. The van der Waals surface area contributed by atoms with Gasteiger partial charge < -0.3 is 16.0 Å². The fourth-order valence-electron chi connectivity index (χ4n) is 0.931. The van der Waals surface area contributed by atoms with Crippen LogP contribution in [0.1, 0.15) is 19.3 Å². The van der Waals surface area contributed by atoms with Gasteiger partial charge in [-0.15, -0.1) is 0 Å². The van der Waals surface area contributed by atoms with Gasteiger partial charge in [-0.1, -0.05) is 0 Å². The minimum atomic E-state index is -0.0198. The first-order valence-corrected chi connectivity index (χ1v) is 4.52. The lowest BCUT2D eigenvalue weighted by Crippen LogP contribution is -2.37. The molecule has 0 radical (unpaired) electrons. The van der Waals surface area contributed by atoms with Gasteiger partial charge in [-0.25, -0.2) is 4.79 Å². The first-order chi connectivity index (χ1) is 5.83. The van der Waals surface area contributed by atoms with E-state index in [-0.39, 0.29) is 6.03 Å². The van der Waals surface area contributed by atoms with Crippen LogP contribution in [0.15, 0.2) is 0 Å². The summed E-state index contributed by atoms with van der Waals surface area (Å²) in [6.07, 6.45) is 3.27. The maximum absolute atomic E-state index is 11.0.